The summed E-state index contributed by atoms with van der Waals surface area (Å²) in [5.41, 5.74) is 1.16. The van der Waals surface area contributed by atoms with Crippen molar-refractivity contribution in [2.24, 2.45) is 0 Å². The number of hydrogen-bond donors (Lipinski definition) is 1. The van der Waals surface area contributed by atoms with Gasteiger partial charge in [0.1, 0.15) is 12.4 Å². The topological polar surface area (TPSA) is 30.5 Å². The Labute approximate surface area is 117 Å². The lowest BCUT2D eigenvalue weighted by Crippen LogP contribution is -2.06. The first-order valence-corrected chi connectivity index (χ1v) is 7.41. The van der Waals surface area contributed by atoms with E-state index in [-0.39, 0.29) is 0 Å². The van der Waals surface area contributed by atoms with E-state index in [0.29, 0.717) is 13.2 Å². The van der Waals surface area contributed by atoms with Crippen LogP contribution in [0.3, 0.4) is 0 Å². The molecule has 0 radical (unpaired) electrons. The Morgan fingerprint density at radius 1 is 0.947 bits per heavy atom. The molecule has 0 amide bonds. The minimum Gasteiger partial charge on any atom is -0.491 e. The molecule has 0 aromatic heterocycles. The maximum Gasteiger partial charge on any atom is 0.119 e. The van der Waals surface area contributed by atoms with Gasteiger partial charge in [-0.25, -0.2) is 0 Å². The van der Waals surface area contributed by atoms with Crippen LogP contribution in [0.25, 0.3) is 0 Å². The zero-order valence-electron chi connectivity index (χ0n) is 12.3. The second kappa shape index (κ2) is 10.7. The van der Waals surface area contributed by atoms with Gasteiger partial charge in [-0.15, -0.1) is 0 Å². The fourth-order valence-corrected chi connectivity index (χ4v) is 1.82. The summed E-state index contributed by atoms with van der Waals surface area (Å²) in [5, 5.41) is 3.43. The van der Waals surface area contributed by atoms with Crippen LogP contribution >= 0.6 is 0 Å². The van der Waals surface area contributed by atoms with Crippen LogP contribution in [0.1, 0.15) is 39.5 Å². The highest BCUT2D eigenvalue weighted by Gasteiger charge is 1.95. The quantitative estimate of drug-likeness (QED) is 0.611. The van der Waals surface area contributed by atoms with Crippen molar-refractivity contribution in [3.63, 3.8) is 0 Å². The molecule has 0 heterocycles. The minimum absolute atomic E-state index is 0.609. The van der Waals surface area contributed by atoms with Crippen molar-refractivity contribution >= 4 is 5.69 Å². The molecule has 1 N–H and O–H groups in total. The van der Waals surface area contributed by atoms with E-state index in [1.54, 1.807) is 0 Å². The fourth-order valence-electron chi connectivity index (χ4n) is 1.82. The maximum absolute atomic E-state index is 5.57. The Hall–Kier alpha value is -1.22. The fraction of sp³-hybridized carbons (Fsp3) is 0.625. The summed E-state index contributed by atoms with van der Waals surface area (Å²) < 4.78 is 10.8. The number of unbranched alkanes of at least 4 members (excludes halogenated alkanes) is 3. The summed E-state index contributed by atoms with van der Waals surface area (Å²) in [5.74, 6) is 0.899. The third-order valence-corrected chi connectivity index (χ3v) is 2.91. The summed E-state index contributed by atoms with van der Waals surface area (Å²) in [6, 6.07) is 8.13. The molecule has 19 heavy (non-hydrogen) atoms. The molecule has 1 aromatic carbocycles. The average Bonchev–Trinajstić information content (AvgIpc) is 2.45. The zero-order valence-corrected chi connectivity index (χ0v) is 12.3. The van der Waals surface area contributed by atoms with E-state index in [0.717, 1.165) is 24.6 Å². The van der Waals surface area contributed by atoms with Crippen molar-refractivity contribution in [1.82, 2.24) is 0 Å². The van der Waals surface area contributed by atoms with Crippen LogP contribution in [0, 0.1) is 0 Å². The Balaban J connectivity index is 2.16. The van der Waals surface area contributed by atoms with Crippen molar-refractivity contribution in [2.45, 2.75) is 39.5 Å². The molecule has 3 nitrogen and oxygen atoms in total. The molecule has 0 atom stereocenters. The minimum atomic E-state index is 0.609. The summed E-state index contributed by atoms with van der Waals surface area (Å²) in [6.07, 6.45) is 5.16. The van der Waals surface area contributed by atoms with E-state index >= 15 is 0 Å². The van der Waals surface area contributed by atoms with Gasteiger partial charge in [0.15, 0.2) is 0 Å². The van der Waals surface area contributed by atoms with Crippen molar-refractivity contribution in [2.75, 3.05) is 31.7 Å². The van der Waals surface area contributed by atoms with Gasteiger partial charge in [0.25, 0.3) is 0 Å². The molecule has 0 spiro atoms. The standard InChI is InChI=1S/C16H27NO2/c1-3-5-6-7-12-17-15-8-10-16(11-9-15)19-14-13-18-4-2/h8-11,17H,3-7,12-14H2,1-2H3. The highest BCUT2D eigenvalue weighted by molar-refractivity contribution is 5.46. The summed E-state index contributed by atoms with van der Waals surface area (Å²) in [4.78, 5) is 0. The third kappa shape index (κ3) is 7.73. The van der Waals surface area contributed by atoms with E-state index in [1.807, 2.05) is 19.1 Å². The van der Waals surface area contributed by atoms with E-state index in [2.05, 4.69) is 24.4 Å². The van der Waals surface area contributed by atoms with Crippen LogP contribution < -0.4 is 10.1 Å². The number of hydrogen-bond acceptors (Lipinski definition) is 3. The number of rotatable bonds is 11. The molecule has 1 rings (SSSR count). The van der Waals surface area contributed by atoms with Gasteiger partial charge >= 0.3 is 0 Å². The van der Waals surface area contributed by atoms with Gasteiger partial charge < -0.3 is 14.8 Å². The van der Waals surface area contributed by atoms with Gasteiger partial charge in [0, 0.05) is 18.8 Å². The van der Waals surface area contributed by atoms with Crippen molar-refractivity contribution in [3.05, 3.63) is 24.3 Å². The third-order valence-electron chi connectivity index (χ3n) is 2.91. The largest absolute Gasteiger partial charge is 0.491 e. The monoisotopic (exact) mass is 265 g/mol. The van der Waals surface area contributed by atoms with Crippen LogP contribution in [0.15, 0.2) is 24.3 Å². The van der Waals surface area contributed by atoms with Crippen LogP contribution in [-0.2, 0) is 4.74 Å². The lowest BCUT2D eigenvalue weighted by atomic mass is 10.2. The molecule has 0 fully saturated rings. The van der Waals surface area contributed by atoms with Gasteiger partial charge in [-0.3, -0.25) is 0 Å². The van der Waals surface area contributed by atoms with Crippen LogP contribution in [0.4, 0.5) is 5.69 Å². The molecule has 0 aliphatic rings. The van der Waals surface area contributed by atoms with Crippen molar-refractivity contribution < 1.29 is 9.47 Å². The number of benzene rings is 1. The first-order chi connectivity index (χ1) is 9.36. The Morgan fingerprint density at radius 3 is 2.42 bits per heavy atom. The number of anilines is 1. The van der Waals surface area contributed by atoms with Gasteiger partial charge in [-0.1, -0.05) is 26.2 Å². The predicted molar refractivity (Wildman–Crippen MR) is 81.1 cm³/mol. The Bertz CT molecular complexity index is 311. The number of ether oxygens (including phenoxy) is 2. The van der Waals surface area contributed by atoms with E-state index in [1.165, 1.54) is 25.7 Å². The Morgan fingerprint density at radius 2 is 1.74 bits per heavy atom. The predicted octanol–water partition coefficient (Wildman–Crippen LogP) is 4.09. The molecule has 1 aromatic rings. The molecular formula is C16H27NO2. The first kappa shape index (κ1) is 15.8. The number of nitrogens with one attached hydrogen (secondary N) is 1. The van der Waals surface area contributed by atoms with Gasteiger partial charge in [-0.05, 0) is 37.6 Å². The average molecular weight is 265 g/mol. The second-order valence-electron chi connectivity index (χ2n) is 4.56. The molecule has 0 aliphatic carbocycles. The van der Waals surface area contributed by atoms with Gasteiger partial charge in [-0.2, -0.15) is 0 Å². The van der Waals surface area contributed by atoms with Crippen molar-refractivity contribution in [1.29, 1.82) is 0 Å². The summed E-state index contributed by atoms with van der Waals surface area (Å²) >= 11 is 0. The summed E-state index contributed by atoms with van der Waals surface area (Å²) in [6.45, 7) is 7.26. The second-order valence-corrected chi connectivity index (χ2v) is 4.56. The molecule has 3 heteroatoms. The van der Waals surface area contributed by atoms with Crippen LogP contribution in [0.2, 0.25) is 0 Å². The molecule has 0 bridgehead atoms. The smallest absolute Gasteiger partial charge is 0.119 e. The molecule has 0 unspecified atom stereocenters. The van der Waals surface area contributed by atoms with E-state index in [9.17, 15) is 0 Å². The highest BCUT2D eigenvalue weighted by Crippen LogP contribution is 2.15. The lowest BCUT2D eigenvalue weighted by Gasteiger charge is -2.09. The van der Waals surface area contributed by atoms with Gasteiger partial charge in [0.05, 0.1) is 6.61 Å². The SMILES string of the molecule is CCCCCCNc1ccc(OCCOCC)cc1. The molecular weight excluding hydrogens is 238 g/mol. The molecule has 108 valence electrons. The van der Waals surface area contributed by atoms with Crippen LogP contribution in [0.5, 0.6) is 5.75 Å². The maximum atomic E-state index is 5.57. The van der Waals surface area contributed by atoms with E-state index < -0.39 is 0 Å². The van der Waals surface area contributed by atoms with Crippen molar-refractivity contribution in [3.8, 4) is 5.75 Å². The molecule has 0 saturated carbocycles. The Kier molecular flexibility index (Phi) is 8.90. The van der Waals surface area contributed by atoms with Gasteiger partial charge in [0.2, 0.25) is 0 Å². The normalized spacial score (nSPS) is 10.4. The molecule has 0 saturated heterocycles. The first-order valence-electron chi connectivity index (χ1n) is 7.41. The molecule has 0 aliphatic heterocycles. The zero-order chi connectivity index (χ0) is 13.8. The highest BCUT2D eigenvalue weighted by atomic mass is 16.5. The van der Waals surface area contributed by atoms with E-state index in [4.69, 9.17) is 9.47 Å². The summed E-state index contributed by atoms with van der Waals surface area (Å²) in [7, 11) is 0. The van der Waals surface area contributed by atoms with Crippen LogP contribution in [-0.4, -0.2) is 26.4 Å². The lowest BCUT2D eigenvalue weighted by molar-refractivity contribution is 0.110.